The first-order valence-electron chi connectivity index (χ1n) is 9.69. The quantitative estimate of drug-likeness (QED) is 0.744. The lowest BCUT2D eigenvalue weighted by Crippen LogP contribution is -2.62. The lowest BCUT2D eigenvalue weighted by molar-refractivity contribution is -0.137. The van der Waals surface area contributed by atoms with Crippen molar-refractivity contribution in [2.75, 3.05) is 0 Å². The van der Waals surface area contributed by atoms with Crippen molar-refractivity contribution in [1.82, 2.24) is 20.6 Å². The van der Waals surface area contributed by atoms with Crippen LogP contribution in [0.5, 0.6) is 0 Å². The summed E-state index contributed by atoms with van der Waals surface area (Å²) in [7, 11) is 0. The fourth-order valence-corrected chi connectivity index (χ4v) is 4.25. The number of fused-ring (bicyclic) bond motifs is 1. The SMILES string of the molecule is O=C1NC(CCc2ncc(-c3ccccc3C(F)(F)F)[nH]2)NC2CCCCC12. The van der Waals surface area contributed by atoms with Crippen LogP contribution in [0.15, 0.2) is 30.5 Å². The number of nitrogens with zero attached hydrogens (tertiary/aromatic N) is 1. The Morgan fingerprint density at radius 2 is 1.93 bits per heavy atom. The van der Waals surface area contributed by atoms with E-state index in [2.05, 4.69) is 20.6 Å². The van der Waals surface area contributed by atoms with Gasteiger partial charge in [-0.15, -0.1) is 0 Å². The summed E-state index contributed by atoms with van der Waals surface area (Å²) in [5.74, 6) is 0.764. The Labute approximate surface area is 161 Å². The fourth-order valence-electron chi connectivity index (χ4n) is 4.25. The second kappa shape index (κ2) is 7.58. The van der Waals surface area contributed by atoms with Crippen molar-refractivity contribution in [3.05, 3.63) is 41.9 Å². The van der Waals surface area contributed by atoms with Gasteiger partial charge in [-0.05, 0) is 25.3 Å². The van der Waals surface area contributed by atoms with Crippen LogP contribution in [-0.2, 0) is 17.4 Å². The van der Waals surface area contributed by atoms with E-state index in [4.69, 9.17) is 0 Å². The Hall–Kier alpha value is -2.35. The van der Waals surface area contributed by atoms with Crippen LogP contribution in [-0.4, -0.2) is 28.1 Å². The lowest BCUT2D eigenvalue weighted by Gasteiger charge is -2.40. The Morgan fingerprint density at radius 3 is 2.75 bits per heavy atom. The molecule has 2 fully saturated rings. The lowest BCUT2D eigenvalue weighted by atomic mass is 9.82. The van der Waals surface area contributed by atoms with Crippen LogP contribution in [0.25, 0.3) is 11.3 Å². The molecule has 1 aromatic carbocycles. The molecule has 4 rings (SSSR count). The number of aryl methyl sites for hydroxylation is 1. The molecule has 150 valence electrons. The number of aromatic amines is 1. The van der Waals surface area contributed by atoms with Crippen LogP contribution in [0.3, 0.4) is 0 Å². The number of rotatable bonds is 4. The van der Waals surface area contributed by atoms with Gasteiger partial charge in [-0.25, -0.2) is 4.98 Å². The topological polar surface area (TPSA) is 69.8 Å². The van der Waals surface area contributed by atoms with E-state index in [0.717, 1.165) is 31.7 Å². The van der Waals surface area contributed by atoms with Gasteiger partial charge in [0.05, 0.1) is 29.5 Å². The van der Waals surface area contributed by atoms with Gasteiger partial charge in [0.15, 0.2) is 0 Å². The zero-order chi connectivity index (χ0) is 19.7. The smallest absolute Gasteiger partial charge is 0.342 e. The molecular formula is C20H23F3N4O. The summed E-state index contributed by atoms with van der Waals surface area (Å²) in [4.78, 5) is 19.5. The molecule has 1 saturated carbocycles. The molecule has 3 N–H and O–H groups in total. The highest BCUT2D eigenvalue weighted by molar-refractivity contribution is 5.80. The van der Waals surface area contributed by atoms with E-state index in [9.17, 15) is 18.0 Å². The number of imidazole rings is 1. The Balaban J connectivity index is 1.42. The maximum absolute atomic E-state index is 13.2. The van der Waals surface area contributed by atoms with Crippen LogP contribution in [0.2, 0.25) is 0 Å². The molecule has 0 radical (unpaired) electrons. The summed E-state index contributed by atoms with van der Waals surface area (Å²) in [5, 5.41) is 6.51. The standard InChI is InChI=1S/C20H23F3N4O/c21-20(22,23)14-7-3-1-5-12(14)16-11-24-17(26-16)9-10-18-25-15-8-4-2-6-13(15)19(28)27-18/h1,3,5,7,11,13,15,18,25H,2,4,6,8-10H2,(H,24,26)(H,27,28). The fraction of sp³-hybridized carbons (Fsp3) is 0.500. The van der Waals surface area contributed by atoms with Crippen molar-refractivity contribution >= 4 is 5.91 Å². The first kappa shape index (κ1) is 19.0. The van der Waals surface area contributed by atoms with E-state index in [-0.39, 0.29) is 29.6 Å². The average Bonchev–Trinajstić information content (AvgIpc) is 3.15. The monoisotopic (exact) mass is 392 g/mol. The van der Waals surface area contributed by atoms with Crippen LogP contribution in [0.1, 0.15) is 43.5 Å². The summed E-state index contributed by atoms with van der Waals surface area (Å²) < 4.78 is 39.7. The number of aromatic nitrogens is 2. The number of amides is 1. The number of nitrogens with one attached hydrogen (secondary N) is 3. The molecular weight excluding hydrogens is 369 g/mol. The molecule has 2 heterocycles. The number of H-pyrrole nitrogens is 1. The van der Waals surface area contributed by atoms with Gasteiger partial charge in [-0.2, -0.15) is 13.2 Å². The number of hydrogen-bond acceptors (Lipinski definition) is 3. The zero-order valence-electron chi connectivity index (χ0n) is 15.4. The Morgan fingerprint density at radius 1 is 1.14 bits per heavy atom. The van der Waals surface area contributed by atoms with Crippen LogP contribution in [0, 0.1) is 5.92 Å². The van der Waals surface area contributed by atoms with E-state index in [1.54, 1.807) is 6.07 Å². The predicted molar refractivity (Wildman–Crippen MR) is 98.2 cm³/mol. The molecule has 1 aromatic heterocycles. The molecule has 3 atom stereocenters. The summed E-state index contributed by atoms with van der Waals surface area (Å²) >= 11 is 0. The molecule has 2 aliphatic rings. The summed E-state index contributed by atoms with van der Waals surface area (Å²) in [6.45, 7) is 0. The van der Waals surface area contributed by atoms with E-state index >= 15 is 0 Å². The van der Waals surface area contributed by atoms with Gasteiger partial charge < -0.3 is 10.3 Å². The highest BCUT2D eigenvalue weighted by Gasteiger charge is 2.37. The molecule has 1 aliphatic carbocycles. The minimum Gasteiger partial charge on any atom is -0.342 e. The van der Waals surface area contributed by atoms with Crippen LogP contribution in [0.4, 0.5) is 13.2 Å². The van der Waals surface area contributed by atoms with E-state index < -0.39 is 11.7 Å². The molecule has 1 amide bonds. The van der Waals surface area contributed by atoms with Gasteiger partial charge in [0.25, 0.3) is 0 Å². The first-order valence-corrected chi connectivity index (χ1v) is 9.69. The minimum atomic E-state index is -4.42. The summed E-state index contributed by atoms with van der Waals surface area (Å²) in [5.41, 5.74) is -0.256. The van der Waals surface area contributed by atoms with Crippen LogP contribution >= 0.6 is 0 Å². The average molecular weight is 392 g/mol. The van der Waals surface area contributed by atoms with Gasteiger partial charge in [0.2, 0.25) is 5.91 Å². The Kier molecular flexibility index (Phi) is 5.14. The van der Waals surface area contributed by atoms with Gasteiger partial charge in [0, 0.05) is 18.0 Å². The van der Waals surface area contributed by atoms with Gasteiger partial charge in [-0.1, -0.05) is 31.0 Å². The number of benzene rings is 1. The van der Waals surface area contributed by atoms with Gasteiger partial charge >= 0.3 is 6.18 Å². The minimum absolute atomic E-state index is 0.0547. The van der Waals surface area contributed by atoms with E-state index in [1.165, 1.54) is 18.3 Å². The zero-order valence-corrected chi connectivity index (χ0v) is 15.4. The van der Waals surface area contributed by atoms with Gasteiger partial charge in [-0.3, -0.25) is 10.1 Å². The van der Waals surface area contributed by atoms with Crippen molar-refractivity contribution in [2.45, 2.75) is 56.9 Å². The molecule has 3 unspecified atom stereocenters. The normalized spacial score (nSPS) is 25.2. The van der Waals surface area contributed by atoms with Crippen molar-refractivity contribution in [3.63, 3.8) is 0 Å². The Bertz CT molecular complexity index is 848. The molecule has 1 aliphatic heterocycles. The predicted octanol–water partition coefficient (Wildman–Crippen LogP) is 3.63. The molecule has 28 heavy (non-hydrogen) atoms. The van der Waals surface area contributed by atoms with Crippen molar-refractivity contribution in [2.24, 2.45) is 5.92 Å². The van der Waals surface area contributed by atoms with Crippen molar-refractivity contribution in [3.8, 4) is 11.3 Å². The summed E-state index contributed by atoms with van der Waals surface area (Å²) in [6, 6.07) is 5.68. The second-order valence-corrected chi connectivity index (χ2v) is 7.55. The van der Waals surface area contributed by atoms with E-state index in [0.29, 0.717) is 24.4 Å². The largest absolute Gasteiger partial charge is 0.417 e. The number of alkyl halides is 3. The molecule has 5 nitrogen and oxygen atoms in total. The molecule has 0 bridgehead atoms. The third kappa shape index (κ3) is 3.92. The molecule has 0 spiro atoms. The summed E-state index contributed by atoms with van der Waals surface area (Å²) in [6.07, 6.45) is 2.20. The van der Waals surface area contributed by atoms with Crippen molar-refractivity contribution in [1.29, 1.82) is 0 Å². The highest BCUT2D eigenvalue weighted by atomic mass is 19.4. The third-order valence-corrected chi connectivity index (χ3v) is 5.66. The molecule has 1 saturated heterocycles. The molecule has 2 aromatic rings. The van der Waals surface area contributed by atoms with E-state index in [1.807, 2.05) is 0 Å². The van der Waals surface area contributed by atoms with Crippen LogP contribution < -0.4 is 10.6 Å². The van der Waals surface area contributed by atoms with Gasteiger partial charge in [0.1, 0.15) is 5.82 Å². The number of halogens is 3. The van der Waals surface area contributed by atoms with Crippen molar-refractivity contribution < 1.29 is 18.0 Å². The highest BCUT2D eigenvalue weighted by Crippen LogP contribution is 2.36. The maximum atomic E-state index is 13.2. The third-order valence-electron chi connectivity index (χ3n) is 5.66. The second-order valence-electron chi connectivity index (χ2n) is 7.55. The first-order chi connectivity index (χ1) is 13.4. The number of hydrogen-bond donors (Lipinski definition) is 3. The number of carbonyl (C=O) groups is 1. The molecule has 8 heteroatoms. The number of carbonyl (C=O) groups excluding carboxylic acids is 1. The maximum Gasteiger partial charge on any atom is 0.417 e.